The first kappa shape index (κ1) is 10.0. The van der Waals surface area contributed by atoms with Crippen molar-refractivity contribution in [1.82, 2.24) is 0 Å². The van der Waals surface area contributed by atoms with Crippen molar-refractivity contribution in [2.45, 2.75) is 13.3 Å². The molecule has 0 atom stereocenters. The molecule has 5 heteroatoms. The number of rotatable bonds is 4. The average Bonchev–Trinajstić information content (AvgIpc) is 1.59. The average molecular weight is 167 g/mol. The summed E-state index contributed by atoms with van der Waals surface area (Å²) in [6.07, 6.45) is 0.517. The minimum Gasteiger partial charge on any atom is -0.168 e. The lowest BCUT2D eigenvalue weighted by molar-refractivity contribution is 0.162. The second-order valence-electron chi connectivity index (χ2n) is 2.05. The zero-order valence-electron chi connectivity index (χ0n) is 5.82. The van der Waals surface area contributed by atoms with Gasteiger partial charge in [-0.25, -0.2) is 0 Å². The summed E-state index contributed by atoms with van der Waals surface area (Å²) >= 11 is 0. The predicted octanol–water partition coefficient (Wildman–Crippen LogP) is 0.624. The van der Waals surface area contributed by atoms with Gasteiger partial charge in [0.15, 0.2) is 0 Å². The van der Waals surface area contributed by atoms with Crippen molar-refractivity contribution in [2.24, 2.45) is 0 Å². The molecule has 0 amide bonds. The van der Waals surface area contributed by atoms with Crippen LogP contribution in [-0.4, -0.2) is 21.3 Å². The van der Waals surface area contributed by atoms with Gasteiger partial charge in [-0.15, -0.1) is 6.58 Å². The van der Waals surface area contributed by atoms with Crippen molar-refractivity contribution in [1.29, 1.82) is 0 Å². The Balaban J connectivity index is 3.29. The molecule has 0 saturated carbocycles. The Morgan fingerprint density at radius 3 is 2.30 bits per heavy atom. The highest BCUT2D eigenvalue weighted by Crippen LogP contribution is 2.45. The van der Waals surface area contributed by atoms with Gasteiger partial charge in [-0.05, 0) is 13.3 Å². The van der Waals surface area contributed by atoms with Gasteiger partial charge < -0.3 is 0 Å². The topological polar surface area (TPSA) is 69.9 Å². The second kappa shape index (κ2) is 4.01. The Morgan fingerprint density at radius 2 is 2.00 bits per heavy atom. The van der Waals surface area contributed by atoms with Gasteiger partial charge in [-0.1, -0.05) is 5.57 Å². The molecule has 0 radical (unpaired) electrons. The Labute approximate surface area is 60.4 Å². The lowest BCUT2D eigenvalue weighted by Gasteiger charge is -2.01. The van der Waals surface area contributed by atoms with Crippen molar-refractivity contribution in [2.75, 3.05) is 6.61 Å². The van der Waals surface area contributed by atoms with Gasteiger partial charge in [-0.2, -0.15) is 19.2 Å². The number of hydrogen-bond donors (Lipinski definition) is 3. The van der Waals surface area contributed by atoms with Crippen molar-refractivity contribution in [3.8, 4) is 0 Å². The summed E-state index contributed by atoms with van der Waals surface area (Å²) in [6, 6.07) is 0. The van der Waals surface area contributed by atoms with E-state index in [0.29, 0.717) is 6.42 Å². The molecule has 60 valence electrons. The Morgan fingerprint density at radius 1 is 1.50 bits per heavy atom. The van der Waals surface area contributed by atoms with Crippen LogP contribution in [0.15, 0.2) is 12.2 Å². The zero-order valence-corrected chi connectivity index (χ0v) is 6.71. The van der Waals surface area contributed by atoms with E-state index >= 15 is 0 Å². The largest absolute Gasteiger partial charge is 0.567 e. The van der Waals surface area contributed by atoms with Crippen LogP contribution in [0.3, 0.4) is 0 Å². The van der Waals surface area contributed by atoms with Crippen LogP contribution in [0.2, 0.25) is 0 Å². The molecule has 0 aliphatic carbocycles. The van der Waals surface area contributed by atoms with Crippen molar-refractivity contribution in [3.05, 3.63) is 12.2 Å². The fourth-order valence-electron chi connectivity index (χ4n) is 0.342. The standard InChI is InChI=1S/C5H12O4P/c1-5(2)3-4-9-10(6,7)8/h6-8H,1,3-4H2,2H3/q+1. The van der Waals surface area contributed by atoms with Crippen LogP contribution in [-0.2, 0) is 4.52 Å². The van der Waals surface area contributed by atoms with E-state index in [4.69, 9.17) is 14.7 Å². The van der Waals surface area contributed by atoms with Gasteiger partial charge in [0.25, 0.3) is 0 Å². The summed E-state index contributed by atoms with van der Waals surface area (Å²) in [6.45, 7) is 5.44. The summed E-state index contributed by atoms with van der Waals surface area (Å²) in [5.74, 6) is 0. The van der Waals surface area contributed by atoms with E-state index in [1.807, 2.05) is 0 Å². The maximum atomic E-state index is 8.30. The first-order valence-corrected chi connectivity index (χ1v) is 4.34. The molecule has 4 nitrogen and oxygen atoms in total. The van der Waals surface area contributed by atoms with Crippen LogP contribution in [0.25, 0.3) is 0 Å². The molecule has 0 bridgehead atoms. The maximum absolute atomic E-state index is 8.30. The molecule has 0 saturated heterocycles. The monoisotopic (exact) mass is 167 g/mol. The summed E-state index contributed by atoms with van der Waals surface area (Å²) in [5, 5.41) is 0. The molecule has 10 heavy (non-hydrogen) atoms. The summed E-state index contributed by atoms with van der Waals surface area (Å²) in [4.78, 5) is 24.9. The minimum atomic E-state index is -4.01. The molecule has 0 aliphatic rings. The molecular formula is C5H12O4P+. The molecule has 0 aromatic carbocycles. The van der Waals surface area contributed by atoms with E-state index in [0.717, 1.165) is 5.57 Å². The van der Waals surface area contributed by atoms with Crippen LogP contribution in [0.1, 0.15) is 13.3 Å². The van der Waals surface area contributed by atoms with E-state index in [-0.39, 0.29) is 6.61 Å². The Bertz CT molecular complexity index is 117. The number of hydrogen-bond acceptors (Lipinski definition) is 4. The van der Waals surface area contributed by atoms with Crippen molar-refractivity contribution < 1.29 is 19.2 Å². The van der Waals surface area contributed by atoms with E-state index in [1.54, 1.807) is 6.92 Å². The highest BCUT2D eigenvalue weighted by molar-refractivity contribution is 7.53. The first-order chi connectivity index (χ1) is 4.42. The predicted molar refractivity (Wildman–Crippen MR) is 39.0 cm³/mol. The smallest absolute Gasteiger partial charge is 0.168 e. The normalized spacial score (nSPS) is 11.6. The van der Waals surface area contributed by atoms with Crippen LogP contribution < -0.4 is 0 Å². The third kappa shape index (κ3) is 8.01. The SMILES string of the molecule is C=C(C)CCO[P+](O)(O)O. The summed E-state index contributed by atoms with van der Waals surface area (Å²) in [7, 11) is -4.01. The third-order valence-electron chi connectivity index (χ3n) is 0.793. The molecule has 0 aromatic heterocycles. The van der Waals surface area contributed by atoms with E-state index < -0.39 is 8.17 Å². The zero-order chi connectivity index (χ0) is 8.20. The van der Waals surface area contributed by atoms with Gasteiger partial charge in [0, 0.05) is 0 Å². The molecule has 0 aliphatic heterocycles. The summed E-state index contributed by atoms with van der Waals surface area (Å²) < 4.78 is 4.26. The third-order valence-corrected chi connectivity index (χ3v) is 1.32. The minimum absolute atomic E-state index is 0.0899. The maximum Gasteiger partial charge on any atom is 0.567 e. The molecule has 0 rings (SSSR count). The van der Waals surface area contributed by atoms with Crippen molar-refractivity contribution >= 4 is 8.17 Å². The van der Waals surface area contributed by atoms with E-state index in [9.17, 15) is 0 Å². The lowest BCUT2D eigenvalue weighted by Crippen LogP contribution is -1.97. The van der Waals surface area contributed by atoms with Gasteiger partial charge in [-0.3, -0.25) is 0 Å². The fourth-order valence-corrected chi connectivity index (χ4v) is 0.679. The molecule has 0 heterocycles. The van der Waals surface area contributed by atoms with E-state index in [2.05, 4.69) is 11.1 Å². The van der Waals surface area contributed by atoms with Crippen LogP contribution in [0.4, 0.5) is 0 Å². The molecule has 0 fully saturated rings. The lowest BCUT2D eigenvalue weighted by atomic mass is 10.3. The van der Waals surface area contributed by atoms with Gasteiger partial charge in [0.05, 0.1) is 0 Å². The van der Waals surface area contributed by atoms with Gasteiger partial charge in [0.2, 0.25) is 0 Å². The Hall–Kier alpha value is 0.0100. The van der Waals surface area contributed by atoms with Crippen LogP contribution in [0.5, 0.6) is 0 Å². The van der Waals surface area contributed by atoms with Crippen LogP contribution >= 0.6 is 8.17 Å². The van der Waals surface area contributed by atoms with E-state index in [1.165, 1.54) is 0 Å². The van der Waals surface area contributed by atoms with Gasteiger partial charge in [0.1, 0.15) is 6.61 Å². The molecule has 0 unspecified atom stereocenters. The molecule has 0 aromatic rings. The highest BCUT2D eigenvalue weighted by atomic mass is 31.2. The summed E-state index contributed by atoms with van der Waals surface area (Å²) in [5.41, 5.74) is 0.869. The second-order valence-corrected chi connectivity index (χ2v) is 3.34. The fraction of sp³-hybridized carbons (Fsp3) is 0.600. The van der Waals surface area contributed by atoms with Crippen molar-refractivity contribution in [3.63, 3.8) is 0 Å². The Kier molecular flexibility index (Phi) is 4.01. The molecular weight excluding hydrogens is 155 g/mol. The first-order valence-electron chi connectivity index (χ1n) is 2.78. The molecule has 0 spiro atoms. The van der Waals surface area contributed by atoms with Gasteiger partial charge >= 0.3 is 8.17 Å². The highest BCUT2D eigenvalue weighted by Gasteiger charge is 2.32. The van der Waals surface area contributed by atoms with Crippen LogP contribution in [0, 0.1) is 0 Å². The quantitative estimate of drug-likeness (QED) is 0.424. The molecule has 3 N–H and O–H groups in total.